The van der Waals surface area contributed by atoms with Crippen LogP contribution >= 0.6 is 11.6 Å². The molecule has 0 amide bonds. The number of hydrogen-bond donors (Lipinski definition) is 2. The van der Waals surface area contributed by atoms with Crippen molar-refractivity contribution in [3.8, 4) is 0 Å². The van der Waals surface area contributed by atoms with Crippen LogP contribution in [-0.2, 0) is 14.8 Å². The lowest BCUT2D eigenvalue weighted by Gasteiger charge is -2.15. The number of carbonyl (C=O) groups excluding carboxylic acids is 1. The fraction of sp³-hybridized carbons (Fsp3) is 0.0769. The molecule has 0 fully saturated rings. The molecule has 0 spiro atoms. The molecule has 9 heteroatoms. The maximum Gasteiger partial charge on any atom is 0.337 e. The molecule has 0 aliphatic heterocycles. The van der Waals surface area contributed by atoms with Gasteiger partial charge in [0.25, 0.3) is 10.0 Å². The van der Waals surface area contributed by atoms with Gasteiger partial charge in [0.05, 0.1) is 28.9 Å². The average molecular weight is 508 g/mol. The summed E-state index contributed by atoms with van der Waals surface area (Å²) >= 11 is 5.92. The van der Waals surface area contributed by atoms with Crippen LogP contribution in [0.1, 0.15) is 15.9 Å². The topological polar surface area (TPSA) is 97.4 Å². The van der Waals surface area contributed by atoms with Gasteiger partial charge in [0.15, 0.2) is 0 Å². The Kier molecular flexibility index (Phi) is 7.33. The molecule has 0 radical (unpaired) electrons. The number of aromatic nitrogens is 1. The summed E-state index contributed by atoms with van der Waals surface area (Å²) in [6.45, 7) is 0.377. The minimum Gasteiger partial charge on any atom is -0.465 e. The van der Waals surface area contributed by atoms with Crippen molar-refractivity contribution in [3.63, 3.8) is 0 Å². The van der Waals surface area contributed by atoms with Crippen molar-refractivity contribution >= 4 is 55.8 Å². The largest absolute Gasteiger partial charge is 0.465 e. The number of fused-ring (bicyclic) bond motifs is 1. The lowest BCUT2D eigenvalue weighted by atomic mass is 10.1. The molecule has 178 valence electrons. The Bertz CT molecular complexity index is 1500. The number of halogens is 1. The lowest BCUT2D eigenvalue weighted by Crippen LogP contribution is -2.15. The van der Waals surface area contributed by atoms with E-state index in [2.05, 4.69) is 15.0 Å². The number of ether oxygens (including phenoxy) is 1. The summed E-state index contributed by atoms with van der Waals surface area (Å²) in [6.07, 6.45) is 6.94. The highest BCUT2D eigenvalue weighted by molar-refractivity contribution is 7.93. The molecule has 3 aromatic carbocycles. The third kappa shape index (κ3) is 5.79. The molecule has 35 heavy (non-hydrogen) atoms. The van der Waals surface area contributed by atoms with Gasteiger partial charge in [0, 0.05) is 34.7 Å². The van der Waals surface area contributed by atoms with E-state index < -0.39 is 16.0 Å². The van der Waals surface area contributed by atoms with Gasteiger partial charge >= 0.3 is 5.97 Å². The summed E-state index contributed by atoms with van der Waals surface area (Å²) in [6, 6.07) is 18.6. The molecule has 4 rings (SSSR count). The zero-order valence-corrected chi connectivity index (χ0v) is 20.3. The van der Waals surface area contributed by atoms with E-state index in [9.17, 15) is 13.2 Å². The summed E-state index contributed by atoms with van der Waals surface area (Å²) in [4.78, 5) is 16.2. The number of methoxy groups -OCH3 is 1. The second-order valence-corrected chi connectivity index (χ2v) is 9.63. The first-order chi connectivity index (χ1) is 16.9. The molecule has 1 aromatic heterocycles. The predicted molar refractivity (Wildman–Crippen MR) is 139 cm³/mol. The minimum absolute atomic E-state index is 0.128. The number of carbonyl (C=O) groups is 1. The first-order valence-corrected chi connectivity index (χ1v) is 12.5. The summed E-state index contributed by atoms with van der Waals surface area (Å²) in [5.41, 5.74) is 1.98. The number of sulfonamides is 1. The molecule has 0 unspecified atom stereocenters. The zero-order chi connectivity index (χ0) is 24.8. The van der Waals surface area contributed by atoms with Gasteiger partial charge in [0.2, 0.25) is 0 Å². The normalized spacial score (nSPS) is 11.5. The van der Waals surface area contributed by atoms with Crippen LogP contribution < -0.4 is 10.0 Å². The average Bonchev–Trinajstić information content (AvgIpc) is 2.87. The molecule has 0 atom stereocenters. The van der Waals surface area contributed by atoms with Gasteiger partial charge in [-0.05, 0) is 48.0 Å². The molecule has 0 aliphatic rings. The van der Waals surface area contributed by atoms with Crippen molar-refractivity contribution in [2.24, 2.45) is 0 Å². The van der Waals surface area contributed by atoms with Gasteiger partial charge in [-0.3, -0.25) is 9.71 Å². The molecule has 7 nitrogen and oxygen atoms in total. The third-order valence-corrected chi connectivity index (χ3v) is 6.88. The number of esters is 1. The van der Waals surface area contributed by atoms with Crippen molar-refractivity contribution in [3.05, 3.63) is 101 Å². The van der Waals surface area contributed by atoms with Crippen LogP contribution in [0.5, 0.6) is 0 Å². The van der Waals surface area contributed by atoms with Crippen LogP contribution in [-0.4, -0.2) is 33.0 Å². The molecule has 0 saturated carbocycles. The Labute approximate surface area is 208 Å². The van der Waals surface area contributed by atoms with Crippen LogP contribution in [0, 0.1) is 0 Å². The maximum absolute atomic E-state index is 13.3. The molecular formula is C26H22ClN3O4S. The van der Waals surface area contributed by atoms with Gasteiger partial charge in [-0.25, -0.2) is 13.2 Å². The number of nitrogens with one attached hydrogen (secondary N) is 2. The summed E-state index contributed by atoms with van der Waals surface area (Å²) in [5, 5.41) is 5.09. The highest BCUT2D eigenvalue weighted by atomic mass is 35.5. The fourth-order valence-corrected chi connectivity index (χ4v) is 4.93. The number of rotatable bonds is 8. The van der Waals surface area contributed by atoms with Gasteiger partial charge in [-0.15, -0.1) is 0 Å². The predicted octanol–water partition coefficient (Wildman–Crippen LogP) is 5.60. The van der Waals surface area contributed by atoms with Crippen LogP contribution in [0.4, 0.5) is 11.4 Å². The van der Waals surface area contributed by atoms with E-state index in [0.717, 1.165) is 5.56 Å². The van der Waals surface area contributed by atoms with E-state index in [1.54, 1.807) is 48.8 Å². The number of hydrogen-bond acceptors (Lipinski definition) is 6. The SMILES string of the molecule is COC(=O)c1ccc(NS(=O)(=O)c2cccc3cnccc23)c(NC/C=C/c2ccc(Cl)cc2)c1. The van der Waals surface area contributed by atoms with Crippen molar-refractivity contribution in [2.45, 2.75) is 4.90 Å². The number of nitrogens with zero attached hydrogens (tertiary/aromatic N) is 1. The van der Waals surface area contributed by atoms with Crippen LogP contribution in [0.25, 0.3) is 16.8 Å². The number of benzene rings is 3. The standard InChI is InChI=1S/C26H22ClN3O4S/c1-34-26(31)19-9-12-23(24(16-19)29-14-3-4-18-7-10-21(27)11-8-18)30-35(32,33)25-6-2-5-20-17-28-15-13-22(20)25/h2-13,15-17,29-30H,14H2,1H3/b4-3+. The molecule has 4 aromatic rings. The van der Waals surface area contributed by atoms with E-state index in [-0.39, 0.29) is 10.5 Å². The van der Waals surface area contributed by atoms with Crippen molar-refractivity contribution in [2.75, 3.05) is 23.7 Å². The van der Waals surface area contributed by atoms with Crippen LogP contribution in [0.2, 0.25) is 5.02 Å². The molecule has 0 bridgehead atoms. The van der Waals surface area contributed by atoms with E-state index in [1.165, 1.54) is 25.3 Å². The highest BCUT2D eigenvalue weighted by Crippen LogP contribution is 2.29. The van der Waals surface area contributed by atoms with Gasteiger partial charge in [0.1, 0.15) is 0 Å². The molecule has 1 heterocycles. The first-order valence-electron chi connectivity index (χ1n) is 10.6. The third-order valence-electron chi connectivity index (χ3n) is 5.21. The van der Waals surface area contributed by atoms with E-state index in [0.29, 0.717) is 33.7 Å². The zero-order valence-electron chi connectivity index (χ0n) is 18.7. The Balaban J connectivity index is 1.62. The van der Waals surface area contributed by atoms with E-state index >= 15 is 0 Å². The molecule has 2 N–H and O–H groups in total. The second-order valence-electron chi connectivity index (χ2n) is 7.55. The fourth-order valence-electron chi connectivity index (χ4n) is 3.49. The Hall–Kier alpha value is -3.88. The monoisotopic (exact) mass is 507 g/mol. The summed E-state index contributed by atoms with van der Waals surface area (Å²) in [7, 11) is -2.66. The lowest BCUT2D eigenvalue weighted by molar-refractivity contribution is 0.0601. The van der Waals surface area contributed by atoms with Crippen molar-refractivity contribution < 1.29 is 17.9 Å². The summed E-state index contributed by atoms with van der Waals surface area (Å²) < 4.78 is 34.1. The Morgan fingerprint density at radius 3 is 2.63 bits per heavy atom. The molecule has 0 saturated heterocycles. The van der Waals surface area contributed by atoms with Crippen molar-refractivity contribution in [1.29, 1.82) is 0 Å². The quantitative estimate of drug-likeness (QED) is 0.301. The number of anilines is 2. The van der Waals surface area contributed by atoms with Gasteiger partial charge < -0.3 is 10.1 Å². The van der Waals surface area contributed by atoms with Crippen LogP contribution in [0.3, 0.4) is 0 Å². The van der Waals surface area contributed by atoms with Crippen LogP contribution in [0.15, 0.2) is 90.1 Å². The van der Waals surface area contributed by atoms with Gasteiger partial charge in [-0.1, -0.05) is 48.0 Å². The van der Waals surface area contributed by atoms with E-state index in [4.69, 9.17) is 16.3 Å². The minimum atomic E-state index is -3.94. The molecular weight excluding hydrogens is 486 g/mol. The first kappa shape index (κ1) is 24.3. The number of pyridine rings is 1. The van der Waals surface area contributed by atoms with E-state index in [1.807, 2.05) is 24.3 Å². The van der Waals surface area contributed by atoms with Gasteiger partial charge in [-0.2, -0.15) is 0 Å². The maximum atomic E-state index is 13.3. The second kappa shape index (κ2) is 10.6. The van der Waals surface area contributed by atoms with Crippen molar-refractivity contribution in [1.82, 2.24) is 4.98 Å². The smallest absolute Gasteiger partial charge is 0.337 e. The molecule has 0 aliphatic carbocycles. The summed E-state index contributed by atoms with van der Waals surface area (Å²) in [5.74, 6) is -0.527. The Morgan fingerprint density at radius 2 is 1.86 bits per heavy atom. The highest BCUT2D eigenvalue weighted by Gasteiger charge is 2.20. The Morgan fingerprint density at radius 1 is 1.06 bits per heavy atom.